The van der Waals surface area contributed by atoms with Gasteiger partial charge in [-0.05, 0) is 69.7 Å². The Balaban J connectivity index is 1.32. The zero-order chi connectivity index (χ0) is 25.4. The van der Waals surface area contributed by atoms with Gasteiger partial charge in [-0.3, -0.25) is 4.79 Å². The van der Waals surface area contributed by atoms with Crippen LogP contribution in [0.25, 0.3) is 0 Å². The van der Waals surface area contributed by atoms with E-state index >= 15 is 0 Å². The SMILES string of the molecule is Cc1nc(=S)c(NC(=O)CCCCCNCCCc2ccccc2)c(NCCCc2ccccc2)[nH]1. The highest BCUT2D eigenvalue weighted by atomic mass is 32.1. The van der Waals surface area contributed by atoms with Gasteiger partial charge in [0.25, 0.3) is 0 Å². The molecule has 0 radical (unpaired) electrons. The van der Waals surface area contributed by atoms with E-state index in [9.17, 15) is 4.79 Å². The normalized spacial score (nSPS) is 10.8. The van der Waals surface area contributed by atoms with Gasteiger partial charge in [0, 0.05) is 13.0 Å². The number of carbonyl (C=O) groups is 1. The molecule has 0 aliphatic carbocycles. The second kappa shape index (κ2) is 15.9. The molecule has 1 heterocycles. The molecule has 3 rings (SSSR count). The van der Waals surface area contributed by atoms with E-state index in [1.165, 1.54) is 11.1 Å². The maximum atomic E-state index is 12.6. The third kappa shape index (κ3) is 10.3. The smallest absolute Gasteiger partial charge is 0.224 e. The molecule has 0 unspecified atom stereocenters. The number of hydrogen-bond donors (Lipinski definition) is 4. The largest absolute Gasteiger partial charge is 0.370 e. The van der Waals surface area contributed by atoms with E-state index in [0.717, 1.165) is 76.2 Å². The lowest BCUT2D eigenvalue weighted by Crippen LogP contribution is -2.18. The van der Waals surface area contributed by atoms with Gasteiger partial charge < -0.3 is 20.9 Å². The number of aromatic nitrogens is 2. The Kier molecular flexibility index (Phi) is 12.1. The molecule has 1 aromatic heterocycles. The molecule has 0 atom stereocenters. The summed E-state index contributed by atoms with van der Waals surface area (Å²) in [4.78, 5) is 20.1. The highest BCUT2D eigenvalue weighted by Crippen LogP contribution is 2.21. The molecule has 4 N–H and O–H groups in total. The molecule has 0 saturated heterocycles. The first-order valence-corrected chi connectivity index (χ1v) is 13.5. The predicted molar refractivity (Wildman–Crippen MR) is 152 cm³/mol. The van der Waals surface area contributed by atoms with Crippen LogP contribution < -0.4 is 16.0 Å². The average molecular weight is 506 g/mol. The zero-order valence-corrected chi connectivity index (χ0v) is 22.1. The molecule has 6 nitrogen and oxygen atoms in total. The Bertz CT molecular complexity index is 1100. The van der Waals surface area contributed by atoms with Crippen LogP contribution in [0.2, 0.25) is 0 Å². The van der Waals surface area contributed by atoms with Gasteiger partial charge in [-0.2, -0.15) is 0 Å². The summed E-state index contributed by atoms with van der Waals surface area (Å²) in [6.45, 7) is 4.65. The number of hydrogen-bond acceptors (Lipinski definition) is 5. The third-order valence-corrected chi connectivity index (χ3v) is 6.30. The summed E-state index contributed by atoms with van der Waals surface area (Å²) in [5.74, 6) is 1.43. The topological polar surface area (TPSA) is 81.8 Å². The Morgan fingerprint density at radius 2 is 1.44 bits per heavy atom. The molecule has 0 spiro atoms. The number of H-pyrrole nitrogens is 1. The molecule has 192 valence electrons. The first-order chi connectivity index (χ1) is 17.6. The molecule has 7 heteroatoms. The first kappa shape index (κ1) is 27.6. The number of aryl methyl sites for hydroxylation is 3. The van der Waals surface area contributed by atoms with E-state index in [-0.39, 0.29) is 5.91 Å². The number of carbonyl (C=O) groups excluding carboxylic acids is 1. The van der Waals surface area contributed by atoms with Gasteiger partial charge in [0.2, 0.25) is 5.91 Å². The van der Waals surface area contributed by atoms with Gasteiger partial charge >= 0.3 is 0 Å². The number of anilines is 2. The lowest BCUT2D eigenvalue weighted by atomic mass is 10.1. The van der Waals surface area contributed by atoms with Crippen molar-refractivity contribution in [3.8, 4) is 0 Å². The Hall–Kier alpha value is -3.03. The molecule has 0 saturated carbocycles. The van der Waals surface area contributed by atoms with Crippen LogP contribution in [0.15, 0.2) is 60.7 Å². The minimum atomic E-state index is -0.0247. The van der Waals surface area contributed by atoms with E-state index in [1.807, 2.05) is 13.0 Å². The van der Waals surface area contributed by atoms with Gasteiger partial charge in [0.1, 0.15) is 17.3 Å². The van der Waals surface area contributed by atoms with Crippen molar-refractivity contribution in [2.45, 2.75) is 58.3 Å². The molecule has 0 aliphatic heterocycles. The third-order valence-electron chi connectivity index (χ3n) is 6.01. The first-order valence-electron chi connectivity index (χ1n) is 13.0. The molecular formula is C29H39N5OS. The monoisotopic (exact) mass is 505 g/mol. The summed E-state index contributed by atoms with van der Waals surface area (Å²) in [5, 5.41) is 9.88. The van der Waals surface area contributed by atoms with E-state index < -0.39 is 0 Å². The van der Waals surface area contributed by atoms with E-state index in [2.05, 4.69) is 80.5 Å². The lowest BCUT2D eigenvalue weighted by molar-refractivity contribution is -0.116. The van der Waals surface area contributed by atoms with Gasteiger partial charge in [-0.1, -0.05) is 79.3 Å². The van der Waals surface area contributed by atoms with Crippen molar-refractivity contribution in [2.75, 3.05) is 30.3 Å². The van der Waals surface area contributed by atoms with E-state index in [4.69, 9.17) is 12.2 Å². The zero-order valence-electron chi connectivity index (χ0n) is 21.3. The van der Waals surface area contributed by atoms with Gasteiger partial charge in [-0.15, -0.1) is 0 Å². The average Bonchev–Trinajstić information content (AvgIpc) is 2.88. The minimum absolute atomic E-state index is 0.0247. The molecule has 36 heavy (non-hydrogen) atoms. The summed E-state index contributed by atoms with van der Waals surface area (Å²) < 4.78 is 0.407. The van der Waals surface area contributed by atoms with Crippen LogP contribution in [-0.2, 0) is 17.6 Å². The van der Waals surface area contributed by atoms with Crippen molar-refractivity contribution in [1.82, 2.24) is 15.3 Å². The summed E-state index contributed by atoms with van der Waals surface area (Å²) in [6.07, 6.45) is 7.62. The fourth-order valence-electron chi connectivity index (χ4n) is 4.09. The van der Waals surface area contributed by atoms with Crippen LogP contribution in [0, 0.1) is 11.6 Å². The van der Waals surface area contributed by atoms with Crippen molar-refractivity contribution in [2.24, 2.45) is 0 Å². The quantitative estimate of drug-likeness (QED) is 0.137. The number of unbranched alkanes of at least 4 members (excludes halogenated alkanes) is 2. The van der Waals surface area contributed by atoms with Crippen LogP contribution in [0.1, 0.15) is 55.5 Å². The maximum Gasteiger partial charge on any atom is 0.224 e. The van der Waals surface area contributed by atoms with Crippen molar-refractivity contribution >= 4 is 29.6 Å². The Labute approximate surface area is 220 Å². The van der Waals surface area contributed by atoms with Crippen LogP contribution >= 0.6 is 12.2 Å². The Morgan fingerprint density at radius 1 is 0.833 bits per heavy atom. The second-order valence-corrected chi connectivity index (χ2v) is 9.48. The molecule has 0 aliphatic rings. The molecule has 0 fully saturated rings. The number of aromatic amines is 1. The van der Waals surface area contributed by atoms with Gasteiger partial charge in [-0.25, -0.2) is 4.98 Å². The Morgan fingerprint density at radius 3 is 2.11 bits per heavy atom. The van der Waals surface area contributed by atoms with E-state index in [1.54, 1.807) is 0 Å². The van der Waals surface area contributed by atoms with Crippen molar-refractivity contribution < 1.29 is 4.79 Å². The predicted octanol–water partition coefficient (Wildman–Crippen LogP) is 6.21. The van der Waals surface area contributed by atoms with Gasteiger partial charge in [0.15, 0.2) is 4.64 Å². The van der Waals surface area contributed by atoms with Crippen LogP contribution in [0.4, 0.5) is 11.5 Å². The standard InChI is InChI=1S/C29H39N5OS/c1-23-32-28(31-22-12-18-25-15-7-3-8-16-25)27(29(36)33-23)34-26(35)19-9-4-10-20-30-21-11-17-24-13-5-2-6-14-24/h2-3,5-8,13-16,30H,4,9-12,17-22H2,1H3,(H,34,35)(H2,31,32,33,36). The van der Waals surface area contributed by atoms with Crippen LogP contribution in [0.3, 0.4) is 0 Å². The molecule has 0 bridgehead atoms. The van der Waals surface area contributed by atoms with Crippen molar-refractivity contribution in [3.63, 3.8) is 0 Å². The lowest BCUT2D eigenvalue weighted by Gasteiger charge is -2.14. The fourth-order valence-corrected chi connectivity index (χ4v) is 4.38. The highest BCUT2D eigenvalue weighted by molar-refractivity contribution is 7.71. The van der Waals surface area contributed by atoms with Crippen LogP contribution in [0.5, 0.6) is 0 Å². The number of rotatable bonds is 16. The van der Waals surface area contributed by atoms with Crippen molar-refractivity contribution in [1.29, 1.82) is 0 Å². The van der Waals surface area contributed by atoms with Crippen LogP contribution in [-0.4, -0.2) is 35.5 Å². The number of amides is 1. The van der Waals surface area contributed by atoms with Crippen molar-refractivity contribution in [3.05, 3.63) is 82.3 Å². The second-order valence-electron chi connectivity index (χ2n) is 9.09. The number of benzene rings is 2. The fraction of sp³-hybridized carbons (Fsp3) is 0.414. The molecular weight excluding hydrogens is 466 g/mol. The maximum absolute atomic E-state index is 12.6. The summed E-state index contributed by atoms with van der Waals surface area (Å²) >= 11 is 5.44. The van der Waals surface area contributed by atoms with E-state index in [0.29, 0.717) is 16.7 Å². The molecule has 1 amide bonds. The molecule has 3 aromatic rings. The number of nitrogens with zero attached hydrogens (tertiary/aromatic N) is 1. The summed E-state index contributed by atoms with van der Waals surface area (Å²) in [6, 6.07) is 21.0. The summed E-state index contributed by atoms with van der Waals surface area (Å²) in [7, 11) is 0. The minimum Gasteiger partial charge on any atom is -0.370 e. The highest BCUT2D eigenvalue weighted by Gasteiger charge is 2.11. The number of nitrogens with one attached hydrogen (secondary N) is 4. The van der Waals surface area contributed by atoms with Gasteiger partial charge in [0.05, 0.1) is 0 Å². The summed E-state index contributed by atoms with van der Waals surface area (Å²) in [5.41, 5.74) is 3.27. The molecule has 2 aromatic carbocycles.